The van der Waals surface area contributed by atoms with Gasteiger partial charge in [-0.2, -0.15) is 0 Å². The fourth-order valence-electron chi connectivity index (χ4n) is 8.34. The zero-order valence-electron chi connectivity index (χ0n) is 25.5. The lowest BCUT2D eigenvalue weighted by Crippen LogP contribution is -2.69. The molecule has 2 bridgehead atoms. The number of ether oxygens (including phenoxy) is 2. The van der Waals surface area contributed by atoms with Gasteiger partial charge < -0.3 is 14.4 Å². The van der Waals surface area contributed by atoms with Crippen LogP contribution < -0.4 is 9.47 Å². The van der Waals surface area contributed by atoms with Crippen LogP contribution in [0.5, 0.6) is 11.5 Å². The molecule has 1 amide bonds. The summed E-state index contributed by atoms with van der Waals surface area (Å²) in [5.41, 5.74) is 5.31. The number of rotatable bonds is 6. The highest BCUT2D eigenvalue weighted by molar-refractivity contribution is 5.94. The molecular formula is C36H42N2O4. The molecule has 2 fully saturated rings. The van der Waals surface area contributed by atoms with Gasteiger partial charge in [0.25, 0.3) is 5.91 Å². The van der Waals surface area contributed by atoms with Crippen LogP contribution in [0, 0.1) is 37.5 Å². The van der Waals surface area contributed by atoms with E-state index in [1.807, 2.05) is 35.2 Å². The molecule has 1 saturated heterocycles. The smallest absolute Gasteiger partial charge is 0.308 e. The Hall–Kier alpha value is -3.56. The van der Waals surface area contributed by atoms with Crippen LogP contribution >= 0.6 is 0 Å². The second-order valence-corrected chi connectivity index (χ2v) is 13.0. The van der Waals surface area contributed by atoms with E-state index in [-0.39, 0.29) is 35.4 Å². The predicted molar refractivity (Wildman–Crippen MR) is 164 cm³/mol. The van der Waals surface area contributed by atoms with Gasteiger partial charge in [-0.1, -0.05) is 31.9 Å². The third-order valence-corrected chi connectivity index (χ3v) is 10.1. The van der Waals surface area contributed by atoms with Crippen molar-refractivity contribution in [3.8, 4) is 23.3 Å². The molecule has 2 aromatic carbocycles. The van der Waals surface area contributed by atoms with Crippen molar-refractivity contribution in [3.05, 3.63) is 70.8 Å². The first-order chi connectivity index (χ1) is 20.1. The zero-order chi connectivity index (χ0) is 29.8. The molecule has 220 valence electrons. The fraction of sp³-hybridized carbons (Fsp3) is 0.500. The van der Waals surface area contributed by atoms with Crippen molar-refractivity contribution < 1.29 is 19.1 Å². The summed E-state index contributed by atoms with van der Waals surface area (Å²) < 4.78 is 12.7. The van der Waals surface area contributed by atoms with Gasteiger partial charge in [0.15, 0.2) is 0 Å². The summed E-state index contributed by atoms with van der Waals surface area (Å²) >= 11 is 0. The molecule has 1 saturated carbocycles. The standard InChI is InChI=1S/C36H42N2O4/c1-7-17-37-18-16-36-28-11-12-29(38(21-22(2)3)33(40)15-10-26-9-8-23(4)24(5)19-26)35(36)42-32-14-13-31(41-25(6)39)27(34(32)36)20-30(28)37/h7-9,13-14,19,22,28-30,35H,1,11-12,16-18,20-21H2,2-6H3/t28-,29-,30+,35-,36-/m0/s1. The number of carbonyl (C=O) groups is 2. The maximum Gasteiger partial charge on any atom is 0.308 e. The highest BCUT2D eigenvalue weighted by atomic mass is 16.5. The molecule has 2 aliphatic heterocycles. The van der Waals surface area contributed by atoms with Gasteiger partial charge in [-0.05, 0) is 93.3 Å². The van der Waals surface area contributed by atoms with E-state index < -0.39 is 0 Å². The second-order valence-electron chi connectivity index (χ2n) is 13.0. The number of hydrogen-bond acceptors (Lipinski definition) is 5. The molecule has 42 heavy (non-hydrogen) atoms. The molecule has 0 aromatic heterocycles. The lowest BCUT2D eigenvalue weighted by atomic mass is 9.50. The van der Waals surface area contributed by atoms with E-state index in [1.165, 1.54) is 23.6 Å². The molecule has 4 aliphatic rings. The van der Waals surface area contributed by atoms with Crippen LogP contribution in [0.2, 0.25) is 0 Å². The molecule has 1 spiro atoms. The second kappa shape index (κ2) is 10.9. The molecule has 0 unspecified atom stereocenters. The minimum atomic E-state index is -0.313. The van der Waals surface area contributed by atoms with Crippen LogP contribution in [0.4, 0.5) is 0 Å². The molecule has 2 aromatic rings. The van der Waals surface area contributed by atoms with E-state index in [2.05, 4.69) is 57.1 Å². The Bertz CT molecular complexity index is 1500. The number of carbonyl (C=O) groups excluding carboxylic acids is 2. The van der Waals surface area contributed by atoms with Crippen LogP contribution in [-0.4, -0.2) is 59.5 Å². The first kappa shape index (κ1) is 28.6. The Morgan fingerprint density at radius 3 is 2.74 bits per heavy atom. The average molecular weight is 567 g/mol. The number of piperidine rings is 1. The van der Waals surface area contributed by atoms with Crippen LogP contribution in [0.1, 0.15) is 67.9 Å². The summed E-state index contributed by atoms with van der Waals surface area (Å²) in [7, 11) is 0. The number of nitrogens with zero attached hydrogens (tertiary/aromatic N) is 2. The minimum absolute atomic E-state index is 0.0904. The largest absolute Gasteiger partial charge is 0.487 e. The van der Waals surface area contributed by atoms with E-state index in [0.29, 0.717) is 24.3 Å². The first-order valence-corrected chi connectivity index (χ1v) is 15.4. The molecule has 0 N–H and O–H groups in total. The van der Waals surface area contributed by atoms with Gasteiger partial charge in [0, 0.05) is 54.1 Å². The maximum atomic E-state index is 13.9. The Morgan fingerprint density at radius 2 is 2.02 bits per heavy atom. The van der Waals surface area contributed by atoms with Crippen molar-refractivity contribution in [1.82, 2.24) is 9.80 Å². The normalized spacial score (nSPS) is 26.9. The van der Waals surface area contributed by atoms with Crippen molar-refractivity contribution in [2.24, 2.45) is 11.8 Å². The number of esters is 1. The number of hydrogen-bond donors (Lipinski definition) is 0. The van der Waals surface area contributed by atoms with Gasteiger partial charge in [-0.3, -0.25) is 14.5 Å². The number of amides is 1. The van der Waals surface area contributed by atoms with Gasteiger partial charge in [0.2, 0.25) is 0 Å². The molecule has 6 nitrogen and oxygen atoms in total. The van der Waals surface area contributed by atoms with E-state index in [0.717, 1.165) is 55.6 Å². The molecule has 2 heterocycles. The first-order valence-electron chi connectivity index (χ1n) is 15.4. The molecule has 5 atom stereocenters. The van der Waals surface area contributed by atoms with Crippen molar-refractivity contribution in [3.63, 3.8) is 0 Å². The van der Waals surface area contributed by atoms with E-state index in [4.69, 9.17) is 9.47 Å². The summed E-state index contributed by atoms with van der Waals surface area (Å²) in [6, 6.07) is 10.2. The number of likely N-dealkylation sites (tertiary alicyclic amines) is 1. The molecular weight excluding hydrogens is 524 g/mol. The quantitative estimate of drug-likeness (QED) is 0.204. The fourth-order valence-corrected chi connectivity index (χ4v) is 8.34. The topological polar surface area (TPSA) is 59.1 Å². The van der Waals surface area contributed by atoms with Crippen molar-refractivity contribution in [1.29, 1.82) is 0 Å². The van der Waals surface area contributed by atoms with Gasteiger partial charge >= 0.3 is 5.97 Å². The van der Waals surface area contributed by atoms with Crippen molar-refractivity contribution in [2.45, 2.75) is 83.9 Å². The highest BCUT2D eigenvalue weighted by Crippen LogP contribution is 2.63. The average Bonchev–Trinajstić information content (AvgIpc) is 3.28. The zero-order valence-corrected chi connectivity index (χ0v) is 25.5. The lowest BCUT2D eigenvalue weighted by molar-refractivity contribution is -0.137. The third-order valence-electron chi connectivity index (χ3n) is 10.1. The molecule has 2 aliphatic carbocycles. The van der Waals surface area contributed by atoms with E-state index >= 15 is 0 Å². The Kier molecular flexibility index (Phi) is 7.43. The van der Waals surface area contributed by atoms with Gasteiger partial charge in [0.05, 0.1) is 6.04 Å². The highest BCUT2D eigenvalue weighted by Gasteiger charge is 2.66. The minimum Gasteiger partial charge on any atom is -0.487 e. The number of benzene rings is 2. The summed E-state index contributed by atoms with van der Waals surface area (Å²) in [4.78, 5) is 30.5. The molecule has 0 radical (unpaired) electrons. The summed E-state index contributed by atoms with van der Waals surface area (Å²) in [5, 5.41) is 0. The van der Waals surface area contributed by atoms with Crippen molar-refractivity contribution >= 4 is 11.9 Å². The van der Waals surface area contributed by atoms with Crippen LogP contribution in [0.25, 0.3) is 0 Å². The van der Waals surface area contributed by atoms with Crippen molar-refractivity contribution in [2.75, 3.05) is 19.6 Å². The lowest BCUT2D eigenvalue weighted by Gasteiger charge is -2.60. The van der Waals surface area contributed by atoms with Crippen LogP contribution in [0.3, 0.4) is 0 Å². The summed E-state index contributed by atoms with van der Waals surface area (Å²) in [5.74, 6) is 7.91. The van der Waals surface area contributed by atoms with Crippen LogP contribution in [0.15, 0.2) is 43.0 Å². The Balaban J connectivity index is 1.41. The molecule has 6 heteroatoms. The Morgan fingerprint density at radius 1 is 1.21 bits per heavy atom. The monoisotopic (exact) mass is 566 g/mol. The molecule has 6 rings (SSSR count). The van der Waals surface area contributed by atoms with E-state index in [1.54, 1.807) is 0 Å². The predicted octanol–water partition coefficient (Wildman–Crippen LogP) is 5.36. The maximum absolute atomic E-state index is 13.9. The summed E-state index contributed by atoms with van der Waals surface area (Å²) in [6.45, 7) is 16.3. The third kappa shape index (κ3) is 4.63. The number of aryl methyl sites for hydroxylation is 2. The van der Waals surface area contributed by atoms with Gasteiger partial charge in [0.1, 0.15) is 17.6 Å². The van der Waals surface area contributed by atoms with Gasteiger partial charge in [-0.15, -0.1) is 6.58 Å². The van der Waals surface area contributed by atoms with Gasteiger partial charge in [-0.25, -0.2) is 0 Å². The SMILES string of the molecule is C=CCN1CC[C@@]23c4c5ccc(OC(C)=O)c4C[C@@H]1[C@@H]2CC[C@H](N(CC(C)C)C(=O)C#Cc1ccc(C)c(C)c1)[C@@H]3O5. The van der Waals surface area contributed by atoms with E-state index in [9.17, 15) is 9.59 Å². The Labute approximate surface area is 250 Å². The van der Waals surface area contributed by atoms with Crippen LogP contribution in [-0.2, 0) is 21.4 Å². The summed E-state index contributed by atoms with van der Waals surface area (Å²) in [6.07, 6.45) is 5.46.